The maximum absolute atomic E-state index is 12.3. The van der Waals surface area contributed by atoms with E-state index in [0.29, 0.717) is 16.9 Å². The van der Waals surface area contributed by atoms with E-state index in [1.54, 1.807) is 24.3 Å². The van der Waals surface area contributed by atoms with E-state index in [9.17, 15) is 22.8 Å². The molecule has 1 aliphatic rings. The number of ether oxygens (including phenoxy) is 1. The number of benzene rings is 1. The van der Waals surface area contributed by atoms with E-state index < -0.39 is 18.7 Å². The third kappa shape index (κ3) is 5.70. The highest BCUT2D eigenvalue weighted by Gasteiger charge is 2.30. The number of hydrogen-bond donors (Lipinski definition) is 2. The van der Waals surface area contributed by atoms with Crippen LogP contribution in [0, 0.1) is 5.92 Å². The molecule has 6 nitrogen and oxygen atoms in total. The minimum atomic E-state index is -4.45. The summed E-state index contributed by atoms with van der Waals surface area (Å²) in [5.41, 5.74) is 1.14. The van der Waals surface area contributed by atoms with Crippen LogP contribution in [0.25, 0.3) is 0 Å². The number of aromatic nitrogens is 1. The van der Waals surface area contributed by atoms with Crippen LogP contribution >= 0.6 is 0 Å². The maximum Gasteiger partial charge on any atom is 0.422 e. The maximum atomic E-state index is 12.3. The molecule has 0 atom stereocenters. The first-order chi connectivity index (χ1) is 12.8. The van der Waals surface area contributed by atoms with Crippen molar-refractivity contribution >= 4 is 23.2 Å². The zero-order valence-corrected chi connectivity index (χ0v) is 14.0. The summed E-state index contributed by atoms with van der Waals surface area (Å²) < 4.78 is 40.8. The van der Waals surface area contributed by atoms with Crippen molar-refractivity contribution in [1.82, 2.24) is 4.98 Å². The van der Waals surface area contributed by atoms with Crippen LogP contribution in [-0.4, -0.2) is 29.6 Å². The fraction of sp³-hybridized carbons (Fsp3) is 0.278. The number of carbonyl (C=O) groups excluding carboxylic acids is 2. The molecule has 1 heterocycles. The molecule has 0 bridgehead atoms. The van der Waals surface area contributed by atoms with Crippen molar-refractivity contribution in [2.45, 2.75) is 19.0 Å². The van der Waals surface area contributed by atoms with Crippen molar-refractivity contribution in [3.63, 3.8) is 0 Å². The van der Waals surface area contributed by atoms with E-state index in [0.717, 1.165) is 12.8 Å². The second-order valence-electron chi connectivity index (χ2n) is 6.09. The third-order valence-corrected chi connectivity index (χ3v) is 3.72. The second kappa shape index (κ2) is 7.65. The van der Waals surface area contributed by atoms with E-state index in [2.05, 4.69) is 20.4 Å². The van der Waals surface area contributed by atoms with Gasteiger partial charge in [-0.1, -0.05) is 6.07 Å². The van der Waals surface area contributed by atoms with Crippen molar-refractivity contribution in [3.8, 4) is 5.88 Å². The molecule has 1 aliphatic carbocycles. The van der Waals surface area contributed by atoms with Gasteiger partial charge in [0.15, 0.2) is 6.61 Å². The summed E-state index contributed by atoms with van der Waals surface area (Å²) in [5.74, 6) is -0.656. The number of anilines is 2. The molecule has 0 radical (unpaired) electrons. The molecule has 0 spiro atoms. The van der Waals surface area contributed by atoms with Crippen LogP contribution in [0.3, 0.4) is 0 Å². The van der Waals surface area contributed by atoms with Gasteiger partial charge in [-0.05, 0) is 37.1 Å². The minimum absolute atomic E-state index is 0.0478. The zero-order chi connectivity index (χ0) is 19.4. The summed E-state index contributed by atoms with van der Waals surface area (Å²) in [7, 11) is 0. The van der Waals surface area contributed by atoms with E-state index >= 15 is 0 Å². The van der Waals surface area contributed by atoms with Crippen LogP contribution in [0.15, 0.2) is 42.6 Å². The number of hydrogen-bond acceptors (Lipinski definition) is 4. The first-order valence-corrected chi connectivity index (χ1v) is 8.18. The van der Waals surface area contributed by atoms with Crippen molar-refractivity contribution in [1.29, 1.82) is 0 Å². The predicted octanol–water partition coefficient (Wildman–Crippen LogP) is 3.62. The van der Waals surface area contributed by atoms with Crippen molar-refractivity contribution < 1.29 is 27.5 Å². The average Bonchev–Trinajstić information content (AvgIpc) is 3.46. The van der Waals surface area contributed by atoms with Crippen molar-refractivity contribution in [3.05, 3.63) is 48.2 Å². The van der Waals surface area contributed by atoms with Gasteiger partial charge in [-0.25, -0.2) is 4.98 Å². The predicted molar refractivity (Wildman–Crippen MR) is 91.5 cm³/mol. The van der Waals surface area contributed by atoms with Crippen molar-refractivity contribution in [2.75, 3.05) is 17.2 Å². The lowest BCUT2D eigenvalue weighted by molar-refractivity contribution is -0.154. The lowest BCUT2D eigenvalue weighted by atomic mass is 10.2. The summed E-state index contributed by atoms with van der Waals surface area (Å²) in [4.78, 5) is 27.8. The lowest BCUT2D eigenvalue weighted by Gasteiger charge is -2.10. The second-order valence-corrected chi connectivity index (χ2v) is 6.09. The van der Waals surface area contributed by atoms with Gasteiger partial charge in [-0.2, -0.15) is 13.2 Å². The Balaban J connectivity index is 1.59. The molecule has 1 aromatic carbocycles. The SMILES string of the molecule is O=C(Nc1ccc(OCC(F)(F)F)nc1)c1cccc(NC(=O)C2CC2)c1. The quantitative estimate of drug-likeness (QED) is 0.803. The molecule has 0 aliphatic heterocycles. The summed E-state index contributed by atoms with van der Waals surface area (Å²) >= 11 is 0. The number of carbonyl (C=O) groups is 2. The Morgan fingerprint density at radius 2 is 1.89 bits per heavy atom. The first-order valence-electron chi connectivity index (χ1n) is 8.18. The van der Waals surface area contributed by atoms with Crippen molar-refractivity contribution in [2.24, 2.45) is 5.92 Å². The molecule has 2 amide bonds. The Hall–Kier alpha value is -3.10. The number of alkyl halides is 3. The van der Waals surface area contributed by atoms with Crippen LogP contribution in [0.1, 0.15) is 23.2 Å². The fourth-order valence-corrected chi connectivity index (χ4v) is 2.23. The van der Waals surface area contributed by atoms with Gasteiger partial charge in [-0.15, -0.1) is 0 Å². The lowest BCUT2D eigenvalue weighted by Crippen LogP contribution is -2.19. The number of pyridine rings is 1. The van der Waals surface area contributed by atoms with Gasteiger partial charge in [-0.3, -0.25) is 9.59 Å². The van der Waals surface area contributed by atoms with Crippen LogP contribution in [-0.2, 0) is 4.79 Å². The molecule has 1 fully saturated rings. The highest BCUT2D eigenvalue weighted by Crippen LogP contribution is 2.30. The Morgan fingerprint density at radius 3 is 2.52 bits per heavy atom. The van der Waals surface area contributed by atoms with Crippen LogP contribution in [0.5, 0.6) is 5.88 Å². The van der Waals surface area contributed by atoms with Crippen LogP contribution in [0.4, 0.5) is 24.5 Å². The topological polar surface area (TPSA) is 80.3 Å². The Kier molecular flexibility index (Phi) is 5.29. The number of halogens is 3. The number of amides is 2. The summed E-state index contributed by atoms with van der Waals surface area (Å²) in [6, 6.07) is 9.07. The molecule has 1 saturated carbocycles. The fourth-order valence-electron chi connectivity index (χ4n) is 2.23. The van der Waals surface area contributed by atoms with Gasteiger partial charge in [0.2, 0.25) is 11.8 Å². The molecule has 1 aromatic heterocycles. The smallest absolute Gasteiger partial charge is 0.422 e. The zero-order valence-electron chi connectivity index (χ0n) is 14.0. The minimum Gasteiger partial charge on any atom is -0.468 e. The summed E-state index contributed by atoms with van der Waals surface area (Å²) in [5, 5.41) is 5.34. The Morgan fingerprint density at radius 1 is 1.11 bits per heavy atom. The van der Waals surface area contributed by atoms with Crippen LogP contribution < -0.4 is 15.4 Å². The standard InChI is InChI=1S/C18H16F3N3O3/c19-18(20,21)10-27-15-7-6-14(9-22-15)24-17(26)12-2-1-3-13(8-12)23-16(25)11-4-5-11/h1-3,6-9,11H,4-5,10H2,(H,23,25)(H,24,26). The van der Waals surface area contributed by atoms with Gasteiger partial charge in [0.25, 0.3) is 5.91 Å². The molecule has 9 heteroatoms. The molecule has 0 saturated heterocycles. The number of nitrogens with zero attached hydrogens (tertiary/aromatic N) is 1. The Labute approximate surface area is 152 Å². The Bertz CT molecular complexity index is 834. The molecular weight excluding hydrogens is 363 g/mol. The van der Waals surface area contributed by atoms with Gasteiger partial charge in [0.05, 0.1) is 11.9 Å². The molecule has 2 N–H and O–H groups in total. The highest BCUT2D eigenvalue weighted by molar-refractivity contribution is 6.05. The van der Waals surface area contributed by atoms with Gasteiger partial charge >= 0.3 is 6.18 Å². The van der Waals surface area contributed by atoms with Crippen LogP contribution in [0.2, 0.25) is 0 Å². The molecule has 3 rings (SSSR count). The number of nitrogens with one attached hydrogen (secondary N) is 2. The monoisotopic (exact) mass is 379 g/mol. The van der Waals surface area contributed by atoms with E-state index in [1.807, 2.05) is 0 Å². The van der Waals surface area contributed by atoms with E-state index in [4.69, 9.17) is 0 Å². The highest BCUT2D eigenvalue weighted by atomic mass is 19.4. The molecule has 142 valence electrons. The van der Waals surface area contributed by atoms with Gasteiger partial charge < -0.3 is 15.4 Å². The summed E-state index contributed by atoms with van der Waals surface area (Å²) in [6.07, 6.45) is -1.50. The molecule has 27 heavy (non-hydrogen) atoms. The van der Waals surface area contributed by atoms with E-state index in [1.165, 1.54) is 18.3 Å². The van der Waals surface area contributed by atoms with Gasteiger partial charge in [0, 0.05) is 23.2 Å². The first kappa shape index (κ1) is 18.7. The normalized spacial score (nSPS) is 13.7. The number of rotatable bonds is 6. The largest absolute Gasteiger partial charge is 0.468 e. The average molecular weight is 379 g/mol. The molecular formula is C18H16F3N3O3. The van der Waals surface area contributed by atoms with Gasteiger partial charge in [0.1, 0.15) is 0 Å². The molecule has 0 unspecified atom stereocenters. The summed E-state index contributed by atoms with van der Waals surface area (Å²) in [6.45, 7) is -1.44. The molecule has 2 aromatic rings. The van der Waals surface area contributed by atoms with E-state index in [-0.39, 0.29) is 17.7 Å². The third-order valence-electron chi connectivity index (χ3n) is 3.72.